The molecular weight excluding hydrogens is 258 g/mol. The fourth-order valence-electron chi connectivity index (χ4n) is 2.56. The Morgan fingerprint density at radius 3 is 1.67 bits per heavy atom. The third kappa shape index (κ3) is 2.68. The molecule has 0 unspecified atom stereocenters. The molecule has 0 atom stereocenters. The summed E-state index contributed by atoms with van der Waals surface area (Å²) in [5.41, 5.74) is 2.27. The van der Waals surface area contributed by atoms with Crippen LogP contribution in [-0.2, 0) is 4.84 Å². The zero-order chi connectivity index (χ0) is 15.2. The third-order valence-corrected chi connectivity index (χ3v) is 3.45. The molecule has 0 aliphatic carbocycles. The van der Waals surface area contributed by atoms with Crippen molar-refractivity contribution in [3.8, 4) is 6.07 Å². The van der Waals surface area contributed by atoms with Crippen molar-refractivity contribution in [1.82, 2.24) is 0 Å². The van der Waals surface area contributed by atoms with Gasteiger partial charge in [-0.1, -0.05) is 62.4 Å². The first-order valence-corrected chi connectivity index (χ1v) is 7.22. The largest absolute Gasteiger partial charge is 0.389 e. The second-order valence-corrected chi connectivity index (χ2v) is 4.48. The molecule has 0 radical (unpaired) electrons. The van der Waals surface area contributed by atoms with Gasteiger partial charge in [-0.2, -0.15) is 4.84 Å². The third-order valence-electron chi connectivity index (χ3n) is 3.45. The van der Waals surface area contributed by atoms with Crippen LogP contribution >= 0.6 is 0 Å². The van der Waals surface area contributed by atoms with Crippen molar-refractivity contribution in [2.24, 2.45) is 0 Å². The van der Waals surface area contributed by atoms with Crippen LogP contribution < -0.4 is 0 Å². The van der Waals surface area contributed by atoms with Crippen molar-refractivity contribution in [2.75, 3.05) is 7.11 Å². The number of hydrogen-bond donors (Lipinski definition) is 0. The van der Waals surface area contributed by atoms with Gasteiger partial charge in [0.1, 0.15) is 5.56 Å². The summed E-state index contributed by atoms with van der Waals surface area (Å²) in [6, 6.07) is 19.7. The van der Waals surface area contributed by atoms with Crippen LogP contribution in [0.4, 0.5) is 0 Å². The molecule has 0 saturated heterocycles. The van der Waals surface area contributed by atoms with E-state index in [4.69, 9.17) is 4.84 Å². The van der Waals surface area contributed by atoms with E-state index in [2.05, 4.69) is 54.4 Å². The molecule has 0 spiro atoms. The van der Waals surface area contributed by atoms with Crippen LogP contribution in [0.2, 0.25) is 0 Å². The van der Waals surface area contributed by atoms with E-state index in [9.17, 15) is 0 Å². The summed E-state index contributed by atoms with van der Waals surface area (Å²) < 4.78 is 0. The van der Waals surface area contributed by atoms with E-state index < -0.39 is 0 Å². The van der Waals surface area contributed by atoms with Gasteiger partial charge in [0.25, 0.3) is 0 Å². The van der Waals surface area contributed by atoms with Gasteiger partial charge in [-0.15, -0.1) is 0 Å². The summed E-state index contributed by atoms with van der Waals surface area (Å²) in [6.07, 6.45) is 0. The van der Waals surface area contributed by atoms with Gasteiger partial charge in [-0.05, 0) is 23.3 Å². The number of fused-ring (bicyclic) bond motifs is 2. The van der Waals surface area contributed by atoms with Crippen LogP contribution in [0, 0.1) is 13.0 Å². The fraction of sp³-hybridized carbons (Fsp3) is 0.211. The maximum absolute atomic E-state index is 4.79. The molecule has 0 aromatic heterocycles. The van der Waals surface area contributed by atoms with Crippen LogP contribution in [0.15, 0.2) is 48.5 Å². The zero-order valence-corrected chi connectivity index (χ0v) is 13.0. The second kappa shape index (κ2) is 6.76. The molecule has 3 aromatic rings. The zero-order valence-electron chi connectivity index (χ0n) is 13.0. The Labute approximate surface area is 125 Å². The standard InChI is InChI=1S/C17H14NO.C2H6/c1-12-13-7-3-5-9-15(13)17(11-18-19-2)16-10-6-4-8-14(12)16;1-2/h3-10H,1-2H3;1-2H3/q+1;. The normalized spacial score (nSPS) is 9.52. The lowest BCUT2D eigenvalue weighted by Crippen LogP contribution is -1.88. The van der Waals surface area contributed by atoms with Gasteiger partial charge in [0.05, 0.1) is 0 Å². The van der Waals surface area contributed by atoms with Gasteiger partial charge in [-0.3, -0.25) is 0 Å². The van der Waals surface area contributed by atoms with Crippen molar-refractivity contribution in [1.29, 1.82) is 0 Å². The molecule has 2 heteroatoms. The predicted octanol–water partition coefficient (Wildman–Crippen LogP) is 5.57. The van der Waals surface area contributed by atoms with E-state index in [1.807, 2.05) is 26.0 Å². The minimum absolute atomic E-state index is 0.985. The van der Waals surface area contributed by atoms with Gasteiger partial charge in [0.15, 0.2) is 7.11 Å². The molecule has 21 heavy (non-hydrogen) atoms. The highest BCUT2D eigenvalue weighted by atomic mass is 16.6. The van der Waals surface area contributed by atoms with Crippen molar-refractivity contribution < 1.29 is 4.84 Å². The van der Waals surface area contributed by atoms with E-state index in [0.717, 1.165) is 16.3 Å². The van der Waals surface area contributed by atoms with Crippen molar-refractivity contribution >= 4 is 21.5 Å². The first-order chi connectivity index (χ1) is 10.3. The molecule has 0 heterocycles. The summed E-state index contributed by atoms with van der Waals surface area (Å²) in [5.74, 6) is 0. The summed E-state index contributed by atoms with van der Waals surface area (Å²) in [7, 11) is 1.53. The summed E-state index contributed by atoms with van der Waals surface area (Å²) >= 11 is 0. The lowest BCUT2D eigenvalue weighted by Gasteiger charge is -2.08. The van der Waals surface area contributed by atoms with Gasteiger partial charge in [-0.25, -0.2) is 0 Å². The van der Waals surface area contributed by atoms with Gasteiger partial charge in [0.2, 0.25) is 5.01 Å². The monoisotopic (exact) mass is 278 g/mol. The molecule has 2 nitrogen and oxygen atoms in total. The van der Waals surface area contributed by atoms with Crippen LogP contribution in [0.3, 0.4) is 0 Å². The molecule has 3 aromatic carbocycles. The lowest BCUT2D eigenvalue weighted by molar-refractivity contribution is 0.331. The minimum atomic E-state index is 0.985. The number of aryl methyl sites for hydroxylation is 1. The first-order valence-electron chi connectivity index (χ1n) is 7.22. The molecule has 0 saturated carbocycles. The Bertz CT molecular complexity index is 768. The van der Waals surface area contributed by atoms with E-state index >= 15 is 0 Å². The highest BCUT2D eigenvalue weighted by Crippen LogP contribution is 2.31. The molecule has 0 fully saturated rings. The first kappa shape index (κ1) is 14.9. The van der Waals surface area contributed by atoms with E-state index in [-0.39, 0.29) is 0 Å². The topological polar surface area (TPSA) is 13.6 Å². The second-order valence-electron chi connectivity index (χ2n) is 4.48. The fourth-order valence-corrected chi connectivity index (χ4v) is 2.56. The molecular formula is C19H20NO+. The van der Waals surface area contributed by atoms with Gasteiger partial charge < -0.3 is 0 Å². The molecule has 0 aliphatic heterocycles. The predicted molar refractivity (Wildman–Crippen MR) is 90.9 cm³/mol. The van der Waals surface area contributed by atoms with Gasteiger partial charge >= 0.3 is 6.07 Å². The Kier molecular flexibility index (Phi) is 4.79. The quantitative estimate of drug-likeness (QED) is 0.387. The Balaban J connectivity index is 0.000000774. The summed E-state index contributed by atoms with van der Waals surface area (Å²) in [6.45, 7) is 6.15. The van der Waals surface area contributed by atoms with Crippen LogP contribution in [0.1, 0.15) is 25.0 Å². The Morgan fingerprint density at radius 2 is 1.24 bits per heavy atom. The average Bonchev–Trinajstić information content (AvgIpc) is 2.57. The van der Waals surface area contributed by atoms with E-state index in [1.54, 1.807) is 0 Å². The van der Waals surface area contributed by atoms with Crippen LogP contribution in [0.5, 0.6) is 0 Å². The van der Waals surface area contributed by atoms with Gasteiger partial charge in [0, 0.05) is 10.8 Å². The number of rotatable bonds is 0. The van der Waals surface area contributed by atoms with E-state index in [0.29, 0.717) is 0 Å². The lowest BCUT2D eigenvalue weighted by atomic mass is 9.93. The Morgan fingerprint density at radius 1 is 0.810 bits per heavy atom. The molecule has 106 valence electrons. The van der Waals surface area contributed by atoms with Crippen LogP contribution in [0.25, 0.3) is 26.6 Å². The minimum Gasteiger partial charge on any atom is -0.167 e. The molecule has 0 N–H and O–H groups in total. The number of nitrogens with zero attached hydrogens (tertiary/aromatic N) is 1. The summed E-state index contributed by atoms with van der Waals surface area (Å²) in [5, 5.41) is 8.59. The molecule has 0 aliphatic rings. The highest BCUT2D eigenvalue weighted by molar-refractivity contribution is 6.07. The maximum Gasteiger partial charge on any atom is 0.389 e. The molecule has 0 amide bonds. The average molecular weight is 278 g/mol. The van der Waals surface area contributed by atoms with Crippen molar-refractivity contribution in [2.45, 2.75) is 20.8 Å². The van der Waals surface area contributed by atoms with Crippen molar-refractivity contribution in [3.05, 3.63) is 64.7 Å². The number of hydrogen-bond acceptors (Lipinski definition) is 1. The molecule has 0 bridgehead atoms. The number of benzene rings is 3. The SMILES string of the molecule is CC.CO[N+]#Cc1c2ccccc2c(C)c2ccccc12. The van der Waals surface area contributed by atoms with Crippen LogP contribution in [-0.4, -0.2) is 7.11 Å². The highest BCUT2D eigenvalue weighted by Gasteiger charge is 2.13. The Hall–Kier alpha value is -2.53. The van der Waals surface area contributed by atoms with E-state index in [1.165, 1.54) is 23.4 Å². The van der Waals surface area contributed by atoms with Crippen molar-refractivity contribution in [3.63, 3.8) is 0 Å². The maximum atomic E-state index is 4.79. The smallest absolute Gasteiger partial charge is 0.167 e. The summed E-state index contributed by atoms with van der Waals surface area (Å²) in [4.78, 5) is 4.79. The molecule has 3 rings (SSSR count).